The molecule has 0 spiro atoms. The van der Waals surface area contributed by atoms with Crippen molar-refractivity contribution >= 4 is 5.82 Å². The molecule has 1 heterocycles. The number of hydrogen-bond donors (Lipinski definition) is 2. The number of nitrogens with zero attached hydrogens (tertiary/aromatic N) is 2. The van der Waals surface area contributed by atoms with Crippen molar-refractivity contribution in [1.82, 2.24) is 9.78 Å². The highest BCUT2D eigenvalue weighted by Gasteiger charge is 2.12. The quantitative estimate of drug-likeness (QED) is 0.732. The van der Waals surface area contributed by atoms with E-state index in [-0.39, 0.29) is 0 Å². The van der Waals surface area contributed by atoms with Crippen molar-refractivity contribution in [1.29, 1.82) is 0 Å². The van der Waals surface area contributed by atoms with E-state index in [0.29, 0.717) is 18.8 Å². The summed E-state index contributed by atoms with van der Waals surface area (Å²) in [4.78, 5) is 0. The molecule has 4 heteroatoms. The van der Waals surface area contributed by atoms with Crippen LogP contribution in [0.3, 0.4) is 0 Å². The Labute approximate surface area is 78.4 Å². The van der Waals surface area contributed by atoms with Gasteiger partial charge in [-0.1, -0.05) is 0 Å². The molecule has 0 aliphatic heterocycles. The van der Waals surface area contributed by atoms with E-state index in [2.05, 4.69) is 5.10 Å². The molecule has 74 valence electrons. The maximum Gasteiger partial charge on any atom is 0.148 e. The summed E-state index contributed by atoms with van der Waals surface area (Å²) in [5.74, 6) is 0.566. The Kier molecular flexibility index (Phi) is 2.61. The van der Waals surface area contributed by atoms with E-state index >= 15 is 0 Å². The van der Waals surface area contributed by atoms with E-state index in [4.69, 9.17) is 5.73 Å². The maximum atomic E-state index is 9.48. The van der Waals surface area contributed by atoms with Crippen LogP contribution in [-0.4, -0.2) is 20.5 Å². The lowest BCUT2D eigenvalue weighted by molar-refractivity contribution is 0.0651. The Bertz CT molecular complexity index is 266. The molecule has 0 aliphatic rings. The van der Waals surface area contributed by atoms with Gasteiger partial charge in [-0.05, 0) is 27.2 Å². The highest BCUT2D eigenvalue weighted by atomic mass is 16.3. The number of aliphatic hydroxyl groups is 1. The van der Waals surface area contributed by atoms with Gasteiger partial charge >= 0.3 is 0 Å². The van der Waals surface area contributed by atoms with Crippen molar-refractivity contribution in [2.24, 2.45) is 0 Å². The molecule has 0 fully saturated rings. The van der Waals surface area contributed by atoms with Crippen LogP contribution in [0, 0.1) is 6.92 Å². The first-order chi connectivity index (χ1) is 5.88. The predicted molar refractivity (Wildman–Crippen MR) is 52.3 cm³/mol. The van der Waals surface area contributed by atoms with Gasteiger partial charge in [-0.25, -0.2) is 0 Å². The third-order valence-electron chi connectivity index (χ3n) is 1.94. The lowest BCUT2D eigenvalue weighted by Crippen LogP contribution is -2.21. The van der Waals surface area contributed by atoms with Crippen molar-refractivity contribution < 1.29 is 5.11 Å². The second-order valence-corrected chi connectivity index (χ2v) is 4.02. The summed E-state index contributed by atoms with van der Waals surface area (Å²) in [5.41, 5.74) is 5.92. The molecule has 0 saturated heterocycles. The molecule has 0 unspecified atom stereocenters. The first-order valence-electron chi connectivity index (χ1n) is 4.40. The molecule has 0 aliphatic carbocycles. The van der Waals surface area contributed by atoms with Gasteiger partial charge < -0.3 is 10.8 Å². The summed E-state index contributed by atoms with van der Waals surface area (Å²) >= 11 is 0. The Hall–Kier alpha value is -1.03. The van der Waals surface area contributed by atoms with Crippen molar-refractivity contribution in [2.75, 3.05) is 5.73 Å². The van der Waals surface area contributed by atoms with Crippen molar-refractivity contribution in [3.05, 3.63) is 11.8 Å². The van der Waals surface area contributed by atoms with Crippen molar-refractivity contribution in [3.63, 3.8) is 0 Å². The fraction of sp³-hybridized carbons (Fsp3) is 0.667. The monoisotopic (exact) mass is 183 g/mol. The molecule has 13 heavy (non-hydrogen) atoms. The second kappa shape index (κ2) is 3.38. The van der Waals surface area contributed by atoms with Crippen LogP contribution in [0.5, 0.6) is 0 Å². The van der Waals surface area contributed by atoms with Gasteiger partial charge in [0.05, 0.1) is 5.60 Å². The zero-order valence-corrected chi connectivity index (χ0v) is 8.41. The third kappa shape index (κ3) is 3.06. The smallest absolute Gasteiger partial charge is 0.148 e. The summed E-state index contributed by atoms with van der Waals surface area (Å²) in [6.07, 6.45) is 2.56. The van der Waals surface area contributed by atoms with Gasteiger partial charge in [0, 0.05) is 18.3 Å². The lowest BCUT2D eigenvalue weighted by atomic mass is 10.1. The van der Waals surface area contributed by atoms with Crippen molar-refractivity contribution in [3.8, 4) is 0 Å². The Morgan fingerprint density at radius 1 is 1.62 bits per heavy atom. The van der Waals surface area contributed by atoms with Gasteiger partial charge in [0.2, 0.25) is 0 Å². The topological polar surface area (TPSA) is 64.1 Å². The van der Waals surface area contributed by atoms with E-state index in [0.717, 1.165) is 5.56 Å². The van der Waals surface area contributed by atoms with Gasteiger partial charge in [0.15, 0.2) is 0 Å². The maximum absolute atomic E-state index is 9.48. The molecule has 1 aromatic rings. The summed E-state index contributed by atoms with van der Waals surface area (Å²) < 4.78 is 1.77. The van der Waals surface area contributed by atoms with E-state index in [1.54, 1.807) is 18.5 Å². The first kappa shape index (κ1) is 10.1. The Morgan fingerprint density at radius 3 is 2.62 bits per heavy atom. The van der Waals surface area contributed by atoms with Crippen molar-refractivity contribution in [2.45, 2.75) is 39.3 Å². The average Bonchev–Trinajstić information content (AvgIpc) is 2.27. The number of aromatic nitrogens is 2. The molecule has 0 aromatic carbocycles. The molecule has 3 N–H and O–H groups in total. The van der Waals surface area contributed by atoms with Crippen LogP contribution >= 0.6 is 0 Å². The SMILES string of the molecule is Cc1cn(CCC(C)(C)O)nc1N. The van der Waals surface area contributed by atoms with Gasteiger partial charge in [0.1, 0.15) is 5.82 Å². The standard InChI is InChI=1S/C9H17N3O/c1-7-6-12(11-8(7)10)5-4-9(2,3)13/h6,13H,4-5H2,1-3H3,(H2,10,11). The molecular formula is C9H17N3O. The van der Waals surface area contributed by atoms with Crippen LogP contribution < -0.4 is 5.73 Å². The zero-order chi connectivity index (χ0) is 10.1. The summed E-state index contributed by atoms with van der Waals surface area (Å²) in [7, 11) is 0. The van der Waals surface area contributed by atoms with Crippen LogP contribution in [-0.2, 0) is 6.54 Å². The van der Waals surface area contributed by atoms with Crippen LogP contribution in [0.15, 0.2) is 6.20 Å². The third-order valence-corrected chi connectivity index (χ3v) is 1.94. The van der Waals surface area contributed by atoms with Gasteiger partial charge in [-0.3, -0.25) is 4.68 Å². The molecule has 1 rings (SSSR count). The zero-order valence-electron chi connectivity index (χ0n) is 8.41. The van der Waals surface area contributed by atoms with Gasteiger partial charge in [0.25, 0.3) is 0 Å². The predicted octanol–water partition coefficient (Wildman–Crippen LogP) is 0.935. The number of hydrogen-bond acceptors (Lipinski definition) is 3. The molecular weight excluding hydrogens is 166 g/mol. The van der Waals surface area contributed by atoms with E-state index in [1.165, 1.54) is 0 Å². The number of nitrogen functional groups attached to an aromatic ring is 1. The molecule has 0 bridgehead atoms. The average molecular weight is 183 g/mol. The number of aryl methyl sites for hydroxylation is 2. The molecule has 0 saturated carbocycles. The highest BCUT2D eigenvalue weighted by molar-refractivity contribution is 5.35. The summed E-state index contributed by atoms with van der Waals surface area (Å²) in [5, 5.41) is 13.6. The van der Waals surface area contributed by atoms with Crippen LogP contribution in [0.2, 0.25) is 0 Å². The minimum absolute atomic E-state index is 0.566. The fourth-order valence-corrected chi connectivity index (χ4v) is 1.04. The minimum atomic E-state index is -0.644. The fourth-order valence-electron chi connectivity index (χ4n) is 1.04. The van der Waals surface area contributed by atoms with E-state index < -0.39 is 5.60 Å². The number of nitrogens with two attached hydrogens (primary N) is 1. The lowest BCUT2D eigenvalue weighted by Gasteiger charge is -2.16. The summed E-state index contributed by atoms with van der Waals surface area (Å²) in [6.45, 7) is 6.18. The molecule has 4 nitrogen and oxygen atoms in total. The normalized spacial score (nSPS) is 12.0. The Balaban J connectivity index is 2.56. The second-order valence-electron chi connectivity index (χ2n) is 4.02. The minimum Gasteiger partial charge on any atom is -0.390 e. The molecule has 0 atom stereocenters. The molecule has 0 amide bonds. The number of rotatable bonds is 3. The van der Waals surface area contributed by atoms with E-state index in [9.17, 15) is 5.11 Å². The van der Waals surface area contributed by atoms with E-state index in [1.807, 2.05) is 13.1 Å². The highest BCUT2D eigenvalue weighted by Crippen LogP contribution is 2.11. The van der Waals surface area contributed by atoms with Gasteiger partial charge in [-0.2, -0.15) is 5.10 Å². The largest absolute Gasteiger partial charge is 0.390 e. The molecule has 1 aromatic heterocycles. The van der Waals surface area contributed by atoms with Gasteiger partial charge in [-0.15, -0.1) is 0 Å². The Morgan fingerprint density at radius 2 is 2.23 bits per heavy atom. The number of anilines is 1. The van der Waals surface area contributed by atoms with Crippen LogP contribution in [0.1, 0.15) is 25.8 Å². The molecule has 0 radical (unpaired) electrons. The first-order valence-corrected chi connectivity index (χ1v) is 4.40. The van der Waals surface area contributed by atoms with Crippen LogP contribution in [0.4, 0.5) is 5.82 Å². The van der Waals surface area contributed by atoms with Crippen LogP contribution in [0.25, 0.3) is 0 Å². The summed E-state index contributed by atoms with van der Waals surface area (Å²) in [6, 6.07) is 0.